The maximum absolute atomic E-state index is 11.4. The molecule has 0 aliphatic carbocycles. The van der Waals surface area contributed by atoms with E-state index in [2.05, 4.69) is 38.4 Å². The molecule has 0 unspecified atom stereocenters. The van der Waals surface area contributed by atoms with Crippen LogP contribution in [0.2, 0.25) is 0 Å². The average Bonchev–Trinajstić information content (AvgIpc) is 2.61. The van der Waals surface area contributed by atoms with Crippen LogP contribution in [-0.2, 0) is 9.59 Å². The Labute approximate surface area is 173 Å². The third kappa shape index (κ3) is 16.8. The van der Waals surface area contributed by atoms with Gasteiger partial charge in [0.2, 0.25) is 0 Å². The molecule has 0 radical (unpaired) electrons. The van der Waals surface area contributed by atoms with Crippen molar-refractivity contribution < 1.29 is 24.9 Å². The molecule has 7 heteroatoms. The lowest BCUT2D eigenvalue weighted by Gasteiger charge is -2.09. The van der Waals surface area contributed by atoms with Gasteiger partial charge in [0, 0.05) is 21.8 Å². The van der Waals surface area contributed by atoms with Gasteiger partial charge in [-0.15, -0.1) is 6.58 Å². The zero-order valence-electron chi connectivity index (χ0n) is 15.4. The van der Waals surface area contributed by atoms with Crippen molar-refractivity contribution in [1.82, 2.24) is 0 Å². The molecular weight excluding hydrogens is 468 g/mol. The SMILES string of the molecule is C=CCO.O=C(O)/C(CCCCCCBr)=C(\CCCCCCBr)C(=O)O. The molecule has 0 aromatic carbocycles. The second-order valence-corrected chi connectivity index (χ2v) is 7.33. The molecule has 26 heavy (non-hydrogen) atoms. The zero-order chi connectivity index (χ0) is 20.2. The molecule has 0 heterocycles. The summed E-state index contributed by atoms with van der Waals surface area (Å²) in [5, 5.41) is 28.3. The fourth-order valence-electron chi connectivity index (χ4n) is 2.27. The van der Waals surface area contributed by atoms with E-state index in [1.54, 1.807) is 0 Å². The lowest BCUT2D eigenvalue weighted by molar-refractivity contribution is -0.136. The number of hydrogen-bond donors (Lipinski definition) is 3. The van der Waals surface area contributed by atoms with Crippen LogP contribution in [0.4, 0.5) is 0 Å². The van der Waals surface area contributed by atoms with Gasteiger partial charge in [0.15, 0.2) is 0 Å². The van der Waals surface area contributed by atoms with Crippen molar-refractivity contribution in [2.24, 2.45) is 0 Å². The molecule has 152 valence electrons. The van der Waals surface area contributed by atoms with Gasteiger partial charge in [-0.2, -0.15) is 0 Å². The van der Waals surface area contributed by atoms with Crippen molar-refractivity contribution in [3.63, 3.8) is 0 Å². The molecule has 0 amide bonds. The Morgan fingerprint density at radius 3 is 1.27 bits per heavy atom. The standard InChI is InChI=1S/C16H26Br2O4.C3H6O/c17-11-7-3-1-5-9-13(15(19)20)14(16(21)22)10-6-2-4-8-12-18;1-2-3-4/h1-12H2,(H,19,20)(H,21,22);2,4H,1,3H2/b14-13+;. The number of aliphatic hydroxyl groups excluding tert-OH is 1. The number of unbranched alkanes of at least 4 members (excludes halogenated alkanes) is 6. The van der Waals surface area contributed by atoms with E-state index in [1.807, 2.05) is 0 Å². The maximum atomic E-state index is 11.4. The number of carboxylic acids is 2. The minimum Gasteiger partial charge on any atom is -0.478 e. The summed E-state index contributed by atoms with van der Waals surface area (Å²) in [6, 6.07) is 0. The highest BCUT2D eigenvalue weighted by Crippen LogP contribution is 2.20. The number of halogens is 2. The summed E-state index contributed by atoms with van der Waals surface area (Å²) in [7, 11) is 0. The summed E-state index contributed by atoms with van der Waals surface area (Å²) < 4.78 is 0. The minimum absolute atomic E-state index is 0.0833. The summed E-state index contributed by atoms with van der Waals surface area (Å²) >= 11 is 6.72. The number of carbonyl (C=O) groups is 2. The van der Waals surface area contributed by atoms with Crippen molar-refractivity contribution in [2.75, 3.05) is 17.3 Å². The summed E-state index contributed by atoms with van der Waals surface area (Å²) in [4.78, 5) is 22.7. The molecule has 0 saturated heterocycles. The number of carboxylic acid groups (broad SMARTS) is 2. The van der Waals surface area contributed by atoms with Crippen LogP contribution >= 0.6 is 31.9 Å². The molecule has 0 aliphatic heterocycles. The number of alkyl halides is 2. The largest absolute Gasteiger partial charge is 0.478 e. The second kappa shape index (κ2) is 20.6. The average molecular weight is 500 g/mol. The first-order valence-electron chi connectivity index (χ1n) is 8.98. The molecule has 0 aromatic rings. The van der Waals surface area contributed by atoms with Crippen molar-refractivity contribution in [2.45, 2.75) is 64.2 Å². The Balaban J connectivity index is 0. The van der Waals surface area contributed by atoms with Crippen molar-refractivity contribution in [1.29, 1.82) is 0 Å². The predicted octanol–water partition coefficient (Wildman–Crippen LogP) is 5.31. The molecule has 0 saturated carbocycles. The van der Waals surface area contributed by atoms with Gasteiger partial charge >= 0.3 is 11.9 Å². The molecule has 0 spiro atoms. The van der Waals surface area contributed by atoms with Gasteiger partial charge < -0.3 is 15.3 Å². The molecule has 0 atom stereocenters. The molecule has 0 aromatic heterocycles. The van der Waals surface area contributed by atoms with Crippen LogP contribution in [0.1, 0.15) is 64.2 Å². The van der Waals surface area contributed by atoms with E-state index in [9.17, 15) is 19.8 Å². The fourth-order valence-corrected chi connectivity index (χ4v) is 3.07. The summed E-state index contributed by atoms with van der Waals surface area (Å²) in [6.45, 7) is 3.31. The number of aliphatic hydroxyl groups is 1. The number of rotatable bonds is 15. The van der Waals surface area contributed by atoms with Gasteiger partial charge in [0.1, 0.15) is 0 Å². The van der Waals surface area contributed by atoms with Crippen molar-refractivity contribution in [3.8, 4) is 0 Å². The molecular formula is C19H32Br2O5. The van der Waals surface area contributed by atoms with Gasteiger partial charge in [-0.25, -0.2) is 9.59 Å². The summed E-state index contributed by atoms with van der Waals surface area (Å²) in [6.07, 6.45) is 9.64. The van der Waals surface area contributed by atoms with Crippen LogP contribution in [0.15, 0.2) is 23.8 Å². The van der Waals surface area contributed by atoms with Crippen LogP contribution < -0.4 is 0 Å². The third-order valence-corrected chi connectivity index (χ3v) is 4.75. The van der Waals surface area contributed by atoms with Crippen LogP contribution in [0.5, 0.6) is 0 Å². The Bertz CT molecular complexity index is 388. The summed E-state index contributed by atoms with van der Waals surface area (Å²) in [5.74, 6) is -2.17. The minimum atomic E-state index is -1.08. The first kappa shape index (κ1) is 27.6. The van der Waals surface area contributed by atoms with E-state index in [-0.39, 0.29) is 17.8 Å². The monoisotopic (exact) mass is 498 g/mol. The quantitative estimate of drug-likeness (QED) is 0.123. The van der Waals surface area contributed by atoms with E-state index < -0.39 is 11.9 Å². The summed E-state index contributed by atoms with van der Waals surface area (Å²) in [5.41, 5.74) is 0.179. The van der Waals surface area contributed by atoms with Crippen molar-refractivity contribution in [3.05, 3.63) is 23.8 Å². The van der Waals surface area contributed by atoms with Crippen LogP contribution in [-0.4, -0.2) is 44.5 Å². The second-order valence-electron chi connectivity index (χ2n) is 5.75. The van der Waals surface area contributed by atoms with Gasteiger partial charge in [0.05, 0.1) is 6.61 Å². The Hall–Kier alpha value is -0.660. The molecule has 0 rings (SSSR count). The number of aliphatic carboxylic acids is 2. The van der Waals surface area contributed by atoms with Crippen molar-refractivity contribution >= 4 is 43.8 Å². The molecule has 0 fully saturated rings. The van der Waals surface area contributed by atoms with E-state index >= 15 is 0 Å². The first-order valence-corrected chi connectivity index (χ1v) is 11.2. The normalized spacial score (nSPS) is 11.2. The van der Waals surface area contributed by atoms with E-state index in [1.165, 1.54) is 6.08 Å². The Morgan fingerprint density at radius 1 is 0.731 bits per heavy atom. The van der Waals surface area contributed by atoms with Gasteiger partial charge in [0.25, 0.3) is 0 Å². The Kier molecular flexibility index (Phi) is 21.9. The topological polar surface area (TPSA) is 94.8 Å². The Morgan fingerprint density at radius 2 is 1.04 bits per heavy atom. The zero-order valence-corrected chi connectivity index (χ0v) is 18.6. The smallest absolute Gasteiger partial charge is 0.332 e. The lowest BCUT2D eigenvalue weighted by Crippen LogP contribution is -2.12. The molecule has 5 nitrogen and oxygen atoms in total. The van der Waals surface area contributed by atoms with Gasteiger partial charge in [-0.05, 0) is 38.5 Å². The van der Waals surface area contributed by atoms with E-state index in [4.69, 9.17) is 5.11 Å². The van der Waals surface area contributed by atoms with Crippen LogP contribution in [0.3, 0.4) is 0 Å². The first-order chi connectivity index (χ1) is 12.5. The predicted molar refractivity (Wildman–Crippen MR) is 113 cm³/mol. The highest BCUT2D eigenvalue weighted by atomic mass is 79.9. The fraction of sp³-hybridized carbons (Fsp3) is 0.684. The third-order valence-electron chi connectivity index (χ3n) is 3.63. The van der Waals surface area contributed by atoms with E-state index in [0.29, 0.717) is 12.8 Å². The molecule has 0 aliphatic rings. The van der Waals surface area contributed by atoms with Gasteiger partial charge in [-0.3, -0.25) is 0 Å². The number of hydrogen-bond acceptors (Lipinski definition) is 3. The van der Waals surface area contributed by atoms with Crippen LogP contribution in [0.25, 0.3) is 0 Å². The highest BCUT2D eigenvalue weighted by Gasteiger charge is 2.19. The molecule has 3 N–H and O–H groups in total. The molecule has 0 bridgehead atoms. The van der Waals surface area contributed by atoms with E-state index in [0.717, 1.165) is 62.0 Å². The lowest BCUT2D eigenvalue weighted by atomic mass is 9.97. The van der Waals surface area contributed by atoms with Gasteiger partial charge in [-0.1, -0.05) is 63.6 Å². The van der Waals surface area contributed by atoms with Crippen LogP contribution in [0, 0.1) is 0 Å². The highest BCUT2D eigenvalue weighted by molar-refractivity contribution is 9.09. The maximum Gasteiger partial charge on any atom is 0.332 e.